The molecular formula is C59H43N. The summed E-state index contributed by atoms with van der Waals surface area (Å²) in [6.07, 6.45) is 20.7. The molecule has 0 saturated carbocycles. The molecule has 5 aliphatic rings. The Morgan fingerprint density at radius 2 is 1.05 bits per heavy atom. The number of pyridine rings is 1. The molecule has 0 saturated heterocycles. The first-order valence-electron chi connectivity index (χ1n) is 21.3. The summed E-state index contributed by atoms with van der Waals surface area (Å²) in [6, 6.07) is 58.7. The van der Waals surface area contributed by atoms with Crippen LogP contribution >= 0.6 is 0 Å². The lowest BCUT2D eigenvalue weighted by Gasteiger charge is -2.46. The van der Waals surface area contributed by atoms with Crippen molar-refractivity contribution in [2.24, 2.45) is 11.8 Å². The molecule has 0 fully saturated rings. The highest BCUT2D eigenvalue weighted by atomic mass is 14.7. The molecule has 0 radical (unpaired) electrons. The summed E-state index contributed by atoms with van der Waals surface area (Å²) in [4.78, 5) is 5.56. The molecule has 1 nitrogen and oxygen atoms in total. The van der Waals surface area contributed by atoms with Crippen molar-refractivity contribution in [2.45, 2.75) is 24.7 Å². The predicted octanol–water partition coefficient (Wildman–Crippen LogP) is 14.3. The summed E-state index contributed by atoms with van der Waals surface area (Å²) >= 11 is 0. The maximum absolute atomic E-state index is 5.56. The SMILES string of the molecule is CC1(C)c2ccccc2C2(c3ccc(C4=C5C=CC=CC5C5C=CC=CC5=C4)cc3-c3c(-c4cc(-c5ccccc5)cc(-c5ccccc5)n4)cccc32)c2ccccc21. The van der Waals surface area contributed by atoms with Crippen molar-refractivity contribution >= 4 is 5.57 Å². The molecule has 7 aromatic rings. The fourth-order valence-electron chi connectivity index (χ4n) is 11.2. The number of aromatic nitrogens is 1. The second-order valence-corrected chi connectivity index (χ2v) is 17.4. The van der Waals surface area contributed by atoms with Gasteiger partial charge in [0.25, 0.3) is 0 Å². The van der Waals surface area contributed by atoms with Gasteiger partial charge >= 0.3 is 0 Å². The van der Waals surface area contributed by atoms with Crippen molar-refractivity contribution in [2.75, 3.05) is 0 Å². The minimum absolute atomic E-state index is 0.176. The zero-order valence-corrected chi connectivity index (χ0v) is 33.8. The minimum atomic E-state index is -0.526. The normalized spacial score (nSPS) is 19.2. The van der Waals surface area contributed by atoms with Crippen LogP contribution in [0.2, 0.25) is 0 Å². The van der Waals surface area contributed by atoms with Crippen LogP contribution in [0, 0.1) is 11.8 Å². The van der Waals surface area contributed by atoms with Gasteiger partial charge in [-0.3, -0.25) is 0 Å². The van der Waals surface area contributed by atoms with E-state index in [2.05, 4.69) is 226 Å². The molecule has 1 heteroatoms. The van der Waals surface area contributed by atoms with Crippen molar-refractivity contribution in [3.63, 3.8) is 0 Å². The Bertz CT molecular complexity index is 3000. The second kappa shape index (κ2) is 13.2. The van der Waals surface area contributed by atoms with Gasteiger partial charge in [0.05, 0.1) is 16.8 Å². The van der Waals surface area contributed by atoms with Crippen LogP contribution < -0.4 is 0 Å². The Morgan fingerprint density at radius 1 is 0.433 bits per heavy atom. The summed E-state index contributed by atoms with van der Waals surface area (Å²) in [5.41, 5.74) is 21.8. The van der Waals surface area contributed by atoms with E-state index >= 15 is 0 Å². The van der Waals surface area contributed by atoms with Crippen LogP contribution in [0.1, 0.15) is 52.8 Å². The van der Waals surface area contributed by atoms with E-state index in [1.165, 1.54) is 72.4 Å². The Hall–Kier alpha value is -7.09. The van der Waals surface area contributed by atoms with E-state index in [9.17, 15) is 0 Å². The number of nitrogens with zero attached hydrogens (tertiary/aromatic N) is 1. The van der Waals surface area contributed by atoms with Gasteiger partial charge in [-0.2, -0.15) is 0 Å². The van der Waals surface area contributed by atoms with Crippen LogP contribution in [-0.4, -0.2) is 4.98 Å². The summed E-state index contributed by atoms with van der Waals surface area (Å²) < 4.78 is 0. The highest BCUT2D eigenvalue weighted by Gasteiger charge is 2.54. The van der Waals surface area contributed by atoms with Crippen molar-refractivity contribution in [1.82, 2.24) is 4.98 Å². The molecule has 12 rings (SSSR count). The van der Waals surface area contributed by atoms with E-state index in [4.69, 9.17) is 4.98 Å². The van der Waals surface area contributed by atoms with Crippen molar-refractivity contribution in [3.05, 3.63) is 263 Å². The third-order valence-corrected chi connectivity index (χ3v) is 13.9. The average molecular weight is 766 g/mol. The van der Waals surface area contributed by atoms with Crippen molar-refractivity contribution in [3.8, 4) is 44.8 Å². The fourth-order valence-corrected chi connectivity index (χ4v) is 11.2. The van der Waals surface area contributed by atoms with E-state index in [1.54, 1.807) is 0 Å². The molecule has 0 aliphatic heterocycles. The van der Waals surface area contributed by atoms with Gasteiger partial charge in [-0.05, 0) is 96.1 Å². The van der Waals surface area contributed by atoms with E-state index in [0.717, 1.165) is 28.1 Å². The quantitative estimate of drug-likeness (QED) is 0.174. The molecule has 0 N–H and O–H groups in total. The van der Waals surface area contributed by atoms with E-state index in [-0.39, 0.29) is 5.41 Å². The van der Waals surface area contributed by atoms with Crippen LogP contribution in [0.25, 0.3) is 50.3 Å². The van der Waals surface area contributed by atoms with Gasteiger partial charge in [0.1, 0.15) is 0 Å². The maximum Gasteiger partial charge on any atom is 0.0722 e. The zero-order valence-electron chi connectivity index (χ0n) is 33.8. The van der Waals surface area contributed by atoms with Gasteiger partial charge in [-0.1, -0.05) is 208 Å². The standard InChI is InChI=1S/C59H43N/c1-58(2)50-27-13-15-29-52(50)59(53-30-16-14-28-51(53)58)49-33-32-41(47-34-40-22-9-10-23-43(40)44-24-11-12-25-45(44)47)35-48(49)57-46(26-17-31-54(57)59)56-37-42(38-18-5-3-6-19-38)36-55(60-56)39-20-7-4-8-21-39/h3-37,43-44H,1-2H3. The van der Waals surface area contributed by atoms with Crippen LogP contribution in [-0.2, 0) is 10.8 Å². The van der Waals surface area contributed by atoms with Gasteiger partial charge in [0.2, 0.25) is 0 Å². The smallest absolute Gasteiger partial charge is 0.0722 e. The first-order chi connectivity index (χ1) is 29.5. The topological polar surface area (TPSA) is 12.9 Å². The summed E-state index contributed by atoms with van der Waals surface area (Å²) in [6.45, 7) is 4.79. The molecule has 284 valence electrons. The average Bonchev–Trinajstić information content (AvgIpc) is 3.61. The van der Waals surface area contributed by atoms with E-state index in [0.29, 0.717) is 11.8 Å². The highest BCUT2D eigenvalue weighted by molar-refractivity contribution is 5.98. The van der Waals surface area contributed by atoms with Crippen LogP contribution in [0.15, 0.2) is 224 Å². The summed E-state index contributed by atoms with van der Waals surface area (Å²) in [7, 11) is 0. The first-order valence-corrected chi connectivity index (χ1v) is 21.3. The molecule has 1 heterocycles. The Balaban J connectivity index is 1.18. The first kappa shape index (κ1) is 34.9. The number of hydrogen-bond donors (Lipinski definition) is 0. The van der Waals surface area contributed by atoms with Gasteiger partial charge in [0, 0.05) is 28.4 Å². The van der Waals surface area contributed by atoms with Crippen LogP contribution in [0.3, 0.4) is 0 Å². The molecule has 5 aliphatic carbocycles. The third kappa shape index (κ3) is 4.96. The maximum atomic E-state index is 5.56. The Morgan fingerprint density at radius 3 is 1.78 bits per heavy atom. The van der Waals surface area contributed by atoms with Crippen LogP contribution in [0.5, 0.6) is 0 Å². The molecular weight excluding hydrogens is 723 g/mol. The van der Waals surface area contributed by atoms with Gasteiger partial charge in [-0.15, -0.1) is 0 Å². The lowest BCUT2D eigenvalue weighted by molar-refractivity contribution is 0.563. The minimum Gasteiger partial charge on any atom is -0.248 e. The molecule has 60 heavy (non-hydrogen) atoms. The lowest BCUT2D eigenvalue weighted by Crippen LogP contribution is -2.40. The lowest BCUT2D eigenvalue weighted by atomic mass is 9.55. The van der Waals surface area contributed by atoms with Crippen LogP contribution in [0.4, 0.5) is 0 Å². The fraction of sp³-hybridized carbons (Fsp3) is 0.102. The predicted molar refractivity (Wildman–Crippen MR) is 249 cm³/mol. The largest absolute Gasteiger partial charge is 0.248 e. The number of fused-ring (bicyclic) bond motifs is 12. The molecule has 1 spiro atoms. The molecule has 6 aromatic carbocycles. The molecule has 0 amide bonds. The Kier molecular flexibility index (Phi) is 7.69. The third-order valence-electron chi connectivity index (χ3n) is 13.9. The Labute approximate surface area is 352 Å². The molecule has 2 unspecified atom stereocenters. The number of hydrogen-bond acceptors (Lipinski definition) is 1. The van der Waals surface area contributed by atoms with E-state index in [1.807, 2.05) is 0 Å². The van der Waals surface area contributed by atoms with E-state index < -0.39 is 5.41 Å². The van der Waals surface area contributed by atoms with Crippen molar-refractivity contribution < 1.29 is 0 Å². The van der Waals surface area contributed by atoms with Gasteiger partial charge in [0.15, 0.2) is 0 Å². The molecule has 2 atom stereocenters. The number of rotatable bonds is 4. The summed E-state index contributed by atoms with van der Waals surface area (Å²) in [5.74, 6) is 0.648. The second-order valence-electron chi connectivity index (χ2n) is 17.4. The molecule has 1 aromatic heterocycles. The zero-order chi connectivity index (χ0) is 40.0. The van der Waals surface area contributed by atoms with Gasteiger partial charge in [-0.25, -0.2) is 4.98 Å². The monoisotopic (exact) mass is 765 g/mol. The number of allylic oxidation sites excluding steroid dienone is 12. The molecule has 0 bridgehead atoms. The highest BCUT2D eigenvalue weighted by Crippen LogP contribution is 2.64. The summed E-state index contributed by atoms with van der Waals surface area (Å²) in [5, 5.41) is 0. The van der Waals surface area contributed by atoms with Crippen molar-refractivity contribution in [1.29, 1.82) is 0 Å². The van der Waals surface area contributed by atoms with Gasteiger partial charge < -0.3 is 0 Å². The number of benzene rings is 6.